The molecular weight excluding hydrogens is 681 g/mol. The number of epoxide rings is 1. The molecule has 1 rings (SSSR count). The molecule has 4 atom stereocenters. The zero-order chi connectivity index (χ0) is 38.0. The van der Waals surface area contributed by atoms with Gasteiger partial charge in [-0.1, -0.05) is 114 Å². The summed E-state index contributed by atoms with van der Waals surface area (Å²) < 4.78 is 38.5. The van der Waals surface area contributed by atoms with Gasteiger partial charge in [0.1, 0.15) is 6.61 Å². The van der Waals surface area contributed by atoms with Crippen molar-refractivity contribution in [2.24, 2.45) is 5.73 Å². The standard InChI is InChI=1S/C41H72NO9P/c1-3-5-7-9-11-12-13-14-15-16-17-18-19-23-28-32-41(44)50-37(36-49-52(45,46)48-34-33-42)35-47-40(43)31-27-24-20-22-26-30-39-38(51-39)29-25-21-10-8-6-4-2/h11-12,14-15,17-18,21,25,37-39H,3-10,13,16,19-20,22-24,26-36,42H2,1-2H3,(H,45,46)/b12-11-,15-14-,18-17-,25-21-/t37-,38?,39?/m1/s1. The van der Waals surface area contributed by atoms with Crippen molar-refractivity contribution in [3.63, 3.8) is 0 Å². The average Bonchev–Trinajstić information content (AvgIpc) is 3.89. The van der Waals surface area contributed by atoms with E-state index in [0.29, 0.717) is 25.0 Å². The number of ether oxygens (including phenoxy) is 3. The number of phosphoric acid groups is 1. The fourth-order valence-corrected chi connectivity index (χ4v) is 6.23. The van der Waals surface area contributed by atoms with E-state index in [4.69, 9.17) is 29.0 Å². The molecule has 1 aliphatic heterocycles. The van der Waals surface area contributed by atoms with Gasteiger partial charge in [0.15, 0.2) is 6.10 Å². The van der Waals surface area contributed by atoms with Crippen LogP contribution in [0, 0.1) is 0 Å². The molecule has 52 heavy (non-hydrogen) atoms. The predicted octanol–water partition coefficient (Wildman–Crippen LogP) is 10.1. The van der Waals surface area contributed by atoms with E-state index in [1.807, 2.05) is 0 Å². The largest absolute Gasteiger partial charge is 0.472 e. The van der Waals surface area contributed by atoms with Crippen LogP contribution in [0.1, 0.15) is 155 Å². The lowest BCUT2D eigenvalue weighted by Crippen LogP contribution is -2.29. The SMILES string of the molecule is CCCCC/C=C\C/C=C\C/C=C\CCCCC(=O)O[C@H](COC(=O)CCCCCCCC1OC1C/C=C\CCCCC)COP(=O)(O)OCCN. The number of esters is 2. The zero-order valence-electron chi connectivity index (χ0n) is 32.5. The monoisotopic (exact) mass is 753 g/mol. The molecule has 0 bridgehead atoms. The summed E-state index contributed by atoms with van der Waals surface area (Å²) in [5, 5.41) is 0. The normalized spacial score (nSPS) is 17.8. The van der Waals surface area contributed by atoms with E-state index in [0.717, 1.165) is 77.0 Å². The van der Waals surface area contributed by atoms with Gasteiger partial charge in [-0.2, -0.15) is 0 Å². The number of nitrogens with two attached hydrogens (primary N) is 1. The molecule has 10 nitrogen and oxygen atoms in total. The van der Waals surface area contributed by atoms with Gasteiger partial charge < -0.3 is 24.8 Å². The Morgan fingerprint density at radius 2 is 1.25 bits per heavy atom. The lowest BCUT2D eigenvalue weighted by molar-refractivity contribution is -0.161. The van der Waals surface area contributed by atoms with E-state index in [1.54, 1.807) is 0 Å². The Balaban J connectivity index is 2.25. The molecule has 11 heteroatoms. The second-order valence-corrected chi connectivity index (χ2v) is 15.0. The van der Waals surface area contributed by atoms with E-state index in [9.17, 15) is 19.0 Å². The van der Waals surface area contributed by atoms with Crippen molar-refractivity contribution in [3.05, 3.63) is 48.6 Å². The average molecular weight is 754 g/mol. The fraction of sp³-hybridized carbons (Fsp3) is 0.756. The summed E-state index contributed by atoms with van der Waals surface area (Å²) in [5.41, 5.74) is 5.33. The van der Waals surface area contributed by atoms with Gasteiger partial charge in [0, 0.05) is 19.4 Å². The van der Waals surface area contributed by atoms with Crippen molar-refractivity contribution < 1.29 is 42.3 Å². The molecule has 0 aromatic carbocycles. The molecule has 3 unspecified atom stereocenters. The van der Waals surface area contributed by atoms with Crippen LogP contribution in [0.3, 0.4) is 0 Å². The molecule has 3 N–H and O–H groups in total. The van der Waals surface area contributed by atoms with E-state index >= 15 is 0 Å². The number of hydrogen-bond acceptors (Lipinski definition) is 9. The topological polar surface area (TPSA) is 147 Å². The van der Waals surface area contributed by atoms with Crippen molar-refractivity contribution in [2.75, 3.05) is 26.4 Å². The van der Waals surface area contributed by atoms with Gasteiger partial charge in [-0.05, 0) is 77.0 Å². The number of carbonyl (C=O) groups excluding carboxylic acids is 2. The molecule has 0 aliphatic carbocycles. The van der Waals surface area contributed by atoms with Gasteiger partial charge in [-0.25, -0.2) is 4.57 Å². The molecule has 0 amide bonds. The van der Waals surface area contributed by atoms with Gasteiger partial charge in [-0.15, -0.1) is 0 Å². The Morgan fingerprint density at radius 3 is 1.90 bits per heavy atom. The van der Waals surface area contributed by atoms with Crippen LogP contribution in [0.2, 0.25) is 0 Å². The van der Waals surface area contributed by atoms with Crippen LogP contribution >= 0.6 is 7.82 Å². The van der Waals surface area contributed by atoms with E-state index in [-0.39, 0.29) is 32.6 Å². The lowest BCUT2D eigenvalue weighted by Gasteiger charge is -2.19. The summed E-state index contributed by atoms with van der Waals surface area (Å²) in [4.78, 5) is 34.8. The second kappa shape index (κ2) is 33.5. The van der Waals surface area contributed by atoms with Crippen molar-refractivity contribution in [1.29, 1.82) is 0 Å². The van der Waals surface area contributed by atoms with Crippen LogP contribution < -0.4 is 5.73 Å². The fourth-order valence-electron chi connectivity index (χ4n) is 5.47. The molecule has 1 aliphatic rings. The Bertz CT molecular complexity index is 1060. The number of rotatable bonds is 36. The van der Waals surface area contributed by atoms with Crippen LogP contribution in [0.5, 0.6) is 0 Å². The highest BCUT2D eigenvalue weighted by Crippen LogP contribution is 2.43. The summed E-state index contributed by atoms with van der Waals surface area (Å²) in [6.45, 7) is 3.58. The minimum absolute atomic E-state index is 0.0409. The van der Waals surface area contributed by atoms with Crippen LogP contribution in [0.25, 0.3) is 0 Å². The summed E-state index contributed by atoms with van der Waals surface area (Å²) in [7, 11) is -4.39. The quantitative estimate of drug-likeness (QED) is 0.0208. The number of unbranched alkanes of at least 4 members (excludes halogenated alkanes) is 12. The molecule has 1 heterocycles. The van der Waals surface area contributed by atoms with Gasteiger partial charge in [0.05, 0.1) is 25.4 Å². The number of phosphoric ester groups is 1. The lowest BCUT2D eigenvalue weighted by atomic mass is 10.1. The minimum Gasteiger partial charge on any atom is -0.462 e. The molecule has 0 saturated carbocycles. The predicted molar refractivity (Wildman–Crippen MR) is 210 cm³/mol. The van der Waals surface area contributed by atoms with Crippen LogP contribution in [-0.4, -0.2) is 61.5 Å². The highest BCUT2D eigenvalue weighted by molar-refractivity contribution is 7.47. The molecule has 0 aromatic heterocycles. The smallest absolute Gasteiger partial charge is 0.462 e. The first kappa shape index (κ1) is 48.0. The maximum Gasteiger partial charge on any atom is 0.472 e. The van der Waals surface area contributed by atoms with E-state index in [1.165, 1.54) is 38.5 Å². The molecule has 1 saturated heterocycles. The third-order valence-corrected chi connectivity index (χ3v) is 9.60. The molecule has 0 aromatic rings. The summed E-state index contributed by atoms with van der Waals surface area (Å²) in [6, 6.07) is 0. The van der Waals surface area contributed by atoms with Crippen LogP contribution in [-0.2, 0) is 37.4 Å². The number of allylic oxidation sites excluding steroid dienone is 7. The highest BCUT2D eigenvalue weighted by Gasteiger charge is 2.36. The maximum absolute atomic E-state index is 12.5. The third-order valence-electron chi connectivity index (χ3n) is 8.61. The Hall–Kier alpha value is -2.07. The first-order valence-corrected chi connectivity index (χ1v) is 21.7. The van der Waals surface area contributed by atoms with Crippen molar-refractivity contribution in [1.82, 2.24) is 0 Å². The van der Waals surface area contributed by atoms with Crippen LogP contribution in [0.15, 0.2) is 48.6 Å². The van der Waals surface area contributed by atoms with Crippen LogP contribution in [0.4, 0.5) is 0 Å². The summed E-state index contributed by atoms with van der Waals surface area (Å²) in [6.07, 6.45) is 38.8. The maximum atomic E-state index is 12.5. The Labute approximate surface area is 315 Å². The first-order valence-electron chi connectivity index (χ1n) is 20.2. The second-order valence-electron chi connectivity index (χ2n) is 13.5. The zero-order valence-corrected chi connectivity index (χ0v) is 33.4. The summed E-state index contributed by atoms with van der Waals surface area (Å²) in [5.74, 6) is -0.901. The minimum atomic E-state index is -4.39. The molecule has 0 spiro atoms. The van der Waals surface area contributed by atoms with Gasteiger partial charge in [-0.3, -0.25) is 18.6 Å². The highest BCUT2D eigenvalue weighted by atomic mass is 31.2. The molecule has 1 fully saturated rings. The van der Waals surface area contributed by atoms with Crippen molar-refractivity contribution in [2.45, 2.75) is 173 Å². The Morgan fingerprint density at radius 1 is 0.692 bits per heavy atom. The van der Waals surface area contributed by atoms with Crippen molar-refractivity contribution in [3.8, 4) is 0 Å². The van der Waals surface area contributed by atoms with Gasteiger partial charge in [0.2, 0.25) is 0 Å². The first-order chi connectivity index (χ1) is 25.3. The molecular formula is C41H72NO9P. The van der Waals surface area contributed by atoms with Gasteiger partial charge >= 0.3 is 19.8 Å². The van der Waals surface area contributed by atoms with E-state index in [2.05, 4.69) is 62.5 Å². The molecule has 300 valence electrons. The van der Waals surface area contributed by atoms with E-state index < -0.39 is 32.5 Å². The Kier molecular flexibility index (Phi) is 30.9. The van der Waals surface area contributed by atoms with Crippen molar-refractivity contribution >= 4 is 19.8 Å². The number of hydrogen-bond donors (Lipinski definition) is 2. The summed E-state index contributed by atoms with van der Waals surface area (Å²) >= 11 is 0. The number of carbonyl (C=O) groups is 2. The molecule has 0 radical (unpaired) electrons. The van der Waals surface area contributed by atoms with Gasteiger partial charge in [0.25, 0.3) is 0 Å². The third kappa shape index (κ3) is 30.4.